The third kappa shape index (κ3) is 3.30. The van der Waals surface area contributed by atoms with Crippen LogP contribution in [0, 0.1) is 5.92 Å². The minimum absolute atomic E-state index is 0.0234. The van der Waals surface area contributed by atoms with Gasteiger partial charge in [0.15, 0.2) is 5.13 Å². The van der Waals surface area contributed by atoms with Gasteiger partial charge in [-0.2, -0.15) is 0 Å². The van der Waals surface area contributed by atoms with Crippen molar-refractivity contribution in [3.8, 4) is 11.3 Å². The van der Waals surface area contributed by atoms with Gasteiger partial charge in [0, 0.05) is 35.6 Å². The standard InChI is InChI=1S/C17H21N3OS/c1-12(2)16(21)18-14-7-5-6-13(10-14)15-11-22-17(19-15)20-8-3-4-9-20/h5-7,10-12H,3-4,8-9H2,1-2H3,(H,18,21). The van der Waals surface area contributed by atoms with Gasteiger partial charge in [-0.05, 0) is 25.0 Å². The number of carbonyl (C=O) groups is 1. The van der Waals surface area contributed by atoms with Crippen molar-refractivity contribution in [3.63, 3.8) is 0 Å². The summed E-state index contributed by atoms with van der Waals surface area (Å²) in [5, 5.41) is 6.14. The molecule has 1 aliphatic heterocycles. The summed E-state index contributed by atoms with van der Waals surface area (Å²) in [4.78, 5) is 18.9. The fourth-order valence-electron chi connectivity index (χ4n) is 2.49. The zero-order valence-electron chi connectivity index (χ0n) is 13.0. The number of thiazole rings is 1. The molecule has 1 N–H and O–H groups in total. The number of hydrogen-bond acceptors (Lipinski definition) is 4. The molecule has 2 heterocycles. The van der Waals surface area contributed by atoms with Gasteiger partial charge in [-0.25, -0.2) is 4.98 Å². The number of rotatable bonds is 4. The summed E-state index contributed by atoms with van der Waals surface area (Å²) in [6, 6.07) is 7.90. The number of nitrogens with one attached hydrogen (secondary N) is 1. The van der Waals surface area contributed by atoms with Crippen LogP contribution in [0.4, 0.5) is 10.8 Å². The van der Waals surface area contributed by atoms with Crippen LogP contribution in [0.2, 0.25) is 0 Å². The minimum Gasteiger partial charge on any atom is -0.348 e. The first-order valence-electron chi connectivity index (χ1n) is 7.75. The molecule has 0 radical (unpaired) electrons. The summed E-state index contributed by atoms with van der Waals surface area (Å²) in [7, 11) is 0. The second-order valence-electron chi connectivity index (χ2n) is 5.93. The van der Waals surface area contributed by atoms with Crippen molar-refractivity contribution in [1.29, 1.82) is 0 Å². The van der Waals surface area contributed by atoms with Crippen LogP contribution in [0.15, 0.2) is 29.6 Å². The Labute approximate surface area is 135 Å². The van der Waals surface area contributed by atoms with Crippen LogP contribution in [0.25, 0.3) is 11.3 Å². The zero-order chi connectivity index (χ0) is 15.5. The summed E-state index contributed by atoms with van der Waals surface area (Å²) in [6.07, 6.45) is 2.51. The first-order chi connectivity index (χ1) is 10.6. The van der Waals surface area contributed by atoms with Crippen molar-refractivity contribution in [2.24, 2.45) is 5.92 Å². The molecule has 3 rings (SSSR count). The topological polar surface area (TPSA) is 45.2 Å². The third-order valence-electron chi connectivity index (χ3n) is 3.82. The first kappa shape index (κ1) is 15.0. The lowest BCUT2D eigenvalue weighted by atomic mass is 10.1. The van der Waals surface area contributed by atoms with Gasteiger partial charge in [0.25, 0.3) is 0 Å². The van der Waals surface area contributed by atoms with E-state index in [-0.39, 0.29) is 11.8 Å². The van der Waals surface area contributed by atoms with Gasteiger partial charge in [-0.15, -0.1) is 11.3 Å². The Bertz CT molecular complexity index is 659. The number of hydrogen-bond donors (Lipinski definition) is 1. The smallest absolute Gasteiger partial charge is 0.226 e. The molecule has 1 amide bonds. The average Bonchev–Trinajstić information content (AvgIpc) is 3.18. The summed E-state index contributed by atoms with van der Waals surface area (Å²) in [5.74, 6) is 0.0119. The summed E-state index contributed by atoms with van der Waals surface area (Å²) in [5.41, 5.74) is 2.85. The molecule has 1 fully saturated rings. The van der Waals surface area contributed by atoms with Gasteiger partial charge >= 0.3 is 0 Å². The van der Waals surface area contributed by atoms with Gasteiger partial charge in [-0.3, -0.25) is 4.79 Å². The number of benzene rings is 1. The SMILES string of the molecule is CC(C)C(=O)Nc1cccc(-c2csc(N3CCCC3)n2)c1. The average molecular weight is 315 g/mol. The Morgan fingerprint density at radius 2 is 2.09 bits per heavy atom. The Morgan fingerprint density at radius 3 is 2.82 bits per heavy atom. The lowest BCUT2D eigenvalue weighted by Crippen LogP contribution is -2.17. The Kier molecular flexibility index (Phi) is 4.43. The van der Waals surface area contributed by atoms with E-state index in [2.05, 4.69) is 15.6 Å². The highest BCUT2D eigenvalue weighted by molar-refractivity contribution is 7.14. The van der Waals surface area contributed by atoms with Crippen molar-refractivity contribution < 1.29 is 4.79 Å². The van der Waals surface area contributed by atoms with Crippen LogP contribution in [-0.2, 0) is 4.79 Å². The molecule has 4 nitrogen and oxygen atoms in total. The van der Waals surface area contributed by atoms with Gasteiger partial charge in [-0.1, -0.05) is 26.0 Å². The summed E-state index contributed by atoms with van der Waals surface area (Å²) >= 11 is 1.69. The van der Waals surface area contributed by atoms with E-state index in [1.165, 1.54) is 12.8 Å². The lowest BCUT2D eigenvalue weighted by Gasteiger charge is -2.12. The van der Waals surface area contributed by atoms with Crippen LogP contribution in [0.1, 0.15) is 26.7 Å². The predicted octanol–water partition coefficient (Wildman–Crippen LogP) is 4.00. The molecule has 0 aliphatic carbocycles. The minimum atomic E-state index is -0.0234. The maximum absolute atomic E-state index is 11.8. The van der Waals surface area contributed by atoms with Crippen molar-refractivity contribution >= 4 is 28.1 Å². The van der Waals surface area contributed by atoms with Crippen LogP contribution < -0.4 is 10.2 Å². The normalized spacial score (nSPS) is 14.6. The summed E-state index contributed by atoms with van der Waals surface area (Å²) in [6.45, 7) is 6.00. The molecule has 2 aromatic rings. The molecule has 0 atom stereocenters. The van der Waals surface area contributed by atoms with Crippen LogP contribution >= 0.6 is 11.3 Å². The second-order valence-corrected chi connectivity index (χ2v) is 6.77. The largest absolute Gasteiger partial charge is 0.348 e. The molecular formula is C17H21N3OS. The molecule has 1 aromatic heterocycles. The van der Waals surface area contributed by atoms with E-state index in [0.29, 0.717) is 0 Å². The predicted molar refractivity (Wildman–Crippen MR) is 92.5 cm³/mol. The molecule has 1 aromatic carbocycles. The van der Waals surface area contributed by atoms with E-state index in [1.807, 2.05) is 38.1 Å². The van der Waals surface area contributed by atoms with Crippen molar-refractivity contribution in [2.45, 2.75) is 26.7 Å². The maximum atomic E-state index is 11.8. The van der Waals surface area contributed by atoms with E-state index in [9.17, 15) is 4.79 Å². The molecular weight excluding hydrogens is 294 g/mol. The highest BCUT2D eigenvalue weighted by atomic mass is 32.1. The molecule has 1 saturated heterocycles. The van der Waals surface area contributed by atoms with E-state index < -0.39 is 0 Å². The highest BCUT2D eigenvalue weighted by Crippen LogP contribution is 2.30. The quantitative estimate of drug-likeness (QED) is 0.927. The third-order valence-corrected chi connectivity index (χ3v) is 4.72. The molecule has 22 heavy (non-hydrogen) atoms. The fourth-order valence-corrected chi connectivity index (χ4v) is 3.38. The number of nitrogens with zero attached hydrogens (tertiary/aromatic N) is 2. The summed E-state index contributed by atoms with van der Waals surface area (Å²) < 4.78 is 0. The van der Waals surface area contributed by atoms with Crippen LogP contribution in [0.5, 0.6) is 0 Å². The van der Waals surface area contributed by atoms with E-state index in [0.717, 1.165) is 35.2 Å². The van der Waals surface area contributed by atoms with Crippen molar-refractivity contribution in [2.75, 3.05) is 23.3 Å². The molecule has 0 saturated carbocycles. The van der Waals surface area contributed by atoms with Gasteiger partial charge in [0.05, 0.1) is 5.69 Å². The lowest BCUT2D eigenvalue weighted by molar-refractivity contribution is -0.118. The molecule has 5 heteroatoms. The van der Waals surface area contributed by atoms with E-state index in [1.54, 1.807) is 11.3 Å². The molecule has 0 bridgehead atoms. The van der Waals surface area contributed by atoms with Crippen molar-refractivity contribution in [1.82, 2.24) is 4.98 Å². The highest BCUT2D eigenvalue weighted by Gasteiger charge is 2.16. The molecule has 0 unspecified atom stereocenters. The van der Waals surface area contributed by atoms with Crippen LogP contribution in [-0.4, -0.2) is 24.0 Å². The Hall–Kier alpha value is -1.88. The monoisotopic (exact) mass is 315 g/mol. The maximum Gasteiger partial charge on any atom is 0.226 e. The van der Waals surface area contributed by atoms with Gasteiger partial charge in [0.1, 0.15) is 0 Å². The first-order valence-corrected chi connectivity index (χ1v) is 8.63. The molecule has 0 spiro atoms. The number of anilines is 2. The number of aromatic nitrogens is 1. The van der Waals surface area contributed by atoms with E-state index in [4.69, 9.17) is 4.98 Å². The zero-order valence-corrected chi connectivity index (χ0v) is 13.8. The van der Waals surface area contributed by atoms with Gasteiger partial charge in [0.2, 0.25) is 5.91 Å². The molecule has 1 aliphatic rings. The van der Waals surface area contributed by atoms with Gasteiger partial charge < -0.3 is 10.2 Å². The van der Waals surface area contributed by atoms with E-state index >= 15 is 0 Å². The molecule has 116 valence electrons. The Morgan fingerprint density at radius 1 is 1.32 bits per heavy atom. The fraction of sp³-hybridized carbons (Fsp3) is 0.412. The number of carbonyl (C=O) groups excluding carboxylic acids is 1. The second kappa shape index (κ2) is 6.48. The van der Waals surface area contributed by atoms with Crippen LogP contribution in [0.3, 0.4) is 0 Å². The van der Waals surface area contributed by atoms with Crippen molar-refractivity contribution in [3.05, 3.63) is 29.6 Å². The number of amides is 1. The Balaban J connectivity index is 1.78.